The molecule has 0 aliphatic rings. The molecule has 20 heavy (non-hydrogen) atoms. The topological polar surface area (TPSA) is 75.6 Å². The first-order valence-corrected chi connectivity index (χ1v) is 6.34. The van der Waals surface area contributed by atoms with Crippen LogP contribution in [0.15, 0.2) is 18.2 Å². The molecule has 0 aromatic heterocycles. The van der Waals surface area contributed by atoms with Gasteiger partial charge in [0.25, 0.3) is 5.91 Å². The van der Waals surface area contributed by atoms with Crippen LogP contribution < -0.4 is 10.1 Å². The minimum Gasteiger partial charge on any atom is -0.494 e. The molecule has 0 unspecified atom stereocenters. The number of amides is 1. The second kappa shape index (κ2) is 7.47. The number of carbonyl (C=O) groups excluding carboxylic acids is 1. The first kappa shape index (κ1) is 15.9. The zero-order chi connectivity index (χ0) is 15.1. The van der Waals surface area contributed by atoms with E-state index in [1.807, 2.05) is 6.92 Å². The normalized spacial score (nSPS) is 11.8. The van der Waals surface area contributed by atoms with Crippen molar-refractivity contribution in [2.24, 2.45) is 0 Å². The first-order chi connectivity index (χ1) is 9.49. The third kappa shape index (κ3) is 4.22. The summed E-state index contributed by atoms with van der Waals surface area (Å²) >= 11 is 0. The first-order valence-electron chi connectivity index (χ1n) is 6.34. The Morgan fingerprint density at radius 3 is 2.70 bits per heavy atom. The Kier molecular flexibility index (Phi) is 5.96. The van der Waals surface area contributed by atoms with Gasteiger partial charge in [0.15, 0.2) is 11.6 Å². The van der Waals surface area contributed by atoms with Gasteiger partial charge >= 0.3 is 5.97 Å². The highest BCUT2D eigenvalue weighted by Gasteiger charge is 2.20. The quantitative estimate of drug-likeness (QED) is 0.804. The number of halogens is 1. The predicted octanol–water partition coefficient (Wildman–Crippen LogP) is 2.21. The van der Waals surface area contributed by atoms with Crippen LogP contribution in [0.2, 0.25) is 0 Å². The van der Waals surface area contributed by atoms with Crippen molar-refractivity contribution in [1.82, 2.24) is 5.32 Å². The molecule has 2 N–H and O–H groups in total. The Labute approximate surface area is 116 Å². The molecule has 5 nitrogen and oxygen atoms in total. The summed E-state index contributed by atoms with van der Waals surface area (Å²) in [7, 11) is 1.31. The number of aliphatic carboxylic acids is 1. The molecule has 0 saturated heterocycles. The number of carbonyl (C=O) groups is 2. The average molecular weight is 283 g/mol. The largest absolute Gasteiger partial charge is 0.494 e. The van der Waals surface area contributed by atoms with Crippen LogP contribution in [0, 0.1) is 5.82 Å². The highest BCUT2D eigenvalue weighted by atomic mass is 19.1. The molecular formula is C14H18FNO4. The summed E-state index contributed by atoms with van der Waals surface area (Å²) < 4.78 is 18.7. The van der Waals surface area contributed by atoms with Crippen molar-refractivity contribution in [2.45, 2.75) is 32.2 Å². The average Bonchev–Trinajstić information content (AvgIpc) is 2.38. The van der Waals surface area contributed by atoms with Crippen LogP contribution in [0.25, 0.3) is 0 Å². The van der Waals surface area contributed by atoms with Gasteiger partial charge in [-0.2, -0.15) is 0 Å². The van der Waals surface area contributed by atoms with Gasteiger partial charge in [0.2, 0.25) is 0 Å². The fraction of sp³-hybridized carbons (Fsp3) is 0.429. The number of rotatable bonds is 7. The zero-order valence-corrected chi connectivity index (χ0v) is 11.5. The van der Waals surface area contributed by atoms with Crippen LogP contribution in [-0.4, -0.2) is 30.1 Å². The molecule has 0 saturated carbocycles. The van der Waals surface area contributed by atoms with Crippen molar-refractivity contribution in [1.29, 1.82) is 0 Å². The Hall–Kier alpha value is -2.11. The van der Waals surface area contributed by atoms with Crippen LogP contribution in [0.1, 0.15) is 36.5 Å². The molecule has 1 atom stereocenters. The van der Waals surface area contributed by atoms with Gasteiger partial charge in [0.05, 0.1) is 19.1 Å². The van der Waals surface area contributed by atoms with Gasteiger partial charge in [0.1, 0.15) is 0 Å². The molecular weight excluding hydrogens is 265 g/mol. The second-order valence-corrected chi connectivity index (χ2v) is 4.38. The molecule has 1 aromatic carbocycles. The van der Waals surface area contributed by atoms with Crippen molar-refractivity contribution in [2.75, 3.05) is 7.11 Å². The smallest absolute Gasteiger partial charge is 0.305 e. The summed E-state index contributed by atoms with van der Waals surface area (Å²) in [6.45, 7) is 1.88. The number of carboxylic acids is 1. The maximum atomic E-state index is 13.9. The fourth-order valence-corrected chi connectivity index (χ4v) is 1.89. The minimum absolute atomic E-state index is 0.0251. The van der Waals surface area contributed by atoms with Crippen LogP contribution >= 0.6 is 0 Å². The van der Waals surface area contributed by atoms with Crippen molar-refractivity contribution in [3.05, 3.63) is 29.6 Å². The Bertz CT molecular complexity index is 490. The second-order valence-electron chi connectivity index (χ2n) is 4.38. The van der Waals surface area contributed by atoms with Crippen molar-refractivity contribution < 1.29 is 23.8 Å². The fourth-order valence-electron chi connectivity index (χ4n) is 1.89. The van der Waals surface area contributed by atoms with Crippen molar-refractivity contribution in [3.8, 4) is 5.75 Å². The Morgan fingerprint density at radius 1 is 1.45 bits per heavy atom. The molecule has 6 heteroatoms. The van der Waals surface area contributed by atoms with Gasteiger partial charge in [-0.3, -0.25) is 9.59 Å². The van der Waals surface area contributed by atoms with E-state index >= 15 is 0 Å². The number of benzene rings is 1. The van der Waals surface area contributed by atoms with Gasteiger partial charge in [-0.15, -0.1) is 0 Å². The molecule has 0 radical (unpaired) electrons. The lowest BCUT2D eigenvalue weighted by molar-refractivity contribution is -0.137. The number of hydrogen-bond donors (Lipinski definition) is 2. The van der Waals surface area contributed by atoms with E-state index in [0.29, 0.717) is 6.42 Å². The molecule has 1 amide bonds. The minimum atomic E-state index is -1.00. The molecule has 0 fully saturated rings. The van der Waals surface area contributed by atoms with E-state index in [2.05, 4.69) is 5.32 Å². The Morgan fingerprint density at radius 2 is 2.15 bits per heavy atom. The van der Waals surface area contributed by atoms with E-state index in [-0.39, 0.29) is 17.7 Å². The molecule has 0 aliphatic carbocycles. The summed E-state index contributed by atoms with van der Waals surface area (Å²) in [5, 5.41) is 11.3. The number of carboxylic acid groups (broad SMARTS) is 1. The summed E-state index contributed by atoms with van der Waals surface area (Å²) in [6, 6.07) is 3.72. The lowest BCUT2D eigenvalue weighted by atomic mass is 10.1. The molecule has 1 aromatic rings. The lowest BCUT2D eigenvalue weighted by Crippen LogP contribution is -2.36. The zero-order valence-electron chi connectivity index (χ0n) is 11.5. The van der Waals surface area contributed by atoms with Gasteiger partial charge in [-0.1, -0.05) is 19.4 Å². The molecule has 0 spiro atoms. The van der Waals surface area contributed by atoms with E-state index in [4.69, 9.17) is 9.84 Å². The number of methoxy groups -OCH3 is 1. The monoisotopic (exact) mass is 283 g/mol. The maximum absolute atomic E-state index is 13.9. The molecule has 110 valence electrons. The van der Waals surface area contributed by atoms with Crippen LogP contribution in [0.5, 0.6) is 5.75 Å². The van der Waals surface area contributed by atoms with Crippen molar-refractivity contribution in [3.63, 3.8) is 0 Å². The maximum Gasteiger partial charge on any atom is 0.305 e. The van der Waals surface area contributed by atoms with Crippen LogP contribution in [0.4, 0.5) is 4.39 Å². The predicted molar refractivity (Wildman–Crippen MR) is 71.4 cm³/mol. The summed E-state index contributed by atoms with van der Waals surface area (Å²) in [5.74, 6) is -2.42. The summed E-state index contributed by atoms with van der Waals surface area (Å²) in [5.41, 5.74) is -0.157. The number of hydrogen-bond acceptors (Lipinski definition) is 3. The lowest BCUT2D eigenvalue weighted by Gasteiger charge is -2.16. The highest BCUT2D eigenvalue weighted by Crippen LogP contribution is 2.20. The van der Waals surface area contributed by atoms with Gasteiger partial charge in [0, 0.05) is 6.04 Å². The SMILES string of the molecule is CCC[C@H](CC(=O)O)NC(=O)c1cccc(OC)c1F. The van der Waals surface area contributed by atoms with E-state index in [1.165, 1.54) is 25.3 Å². The highest BCUT2D eigenvalue weighted by molar-refractivity contribution is 5.95. The van der Waals surface area contributed by atoms with Gasteiger partial charge < -0.3 is 15.2 Å². The molecule has 1 rings (SSSR count). The van der Waals surface area contributed by atoms with Crippen LogP contribution in [0.3, 0.4) is 0 Å². The van der Waals surface area contributed by atoms with Crippen LogP contribution in [-0.2, 0) is 4.79 Å². The van der Waals surface area contributed by atoms with E-state index in [1.54, 1.807) is 0 Å². The van der Waals surface area contributed by atoms with Gasteiger partial charge in [-0.25, -0.2) is 4.39 Å². The molecule has 0 aliphatic heterocycles. The molecule has 0 bridgehead atoms. The summed E-state index contributed by atoms with van der Waals surface area (Å²) in [6.07, 6.45) is 1.05. The van der Waals surface area contributed by atoms with Gasteiger partial charge in [-0.05, 0) is 18.6 Å². The number of ether oxygens (including phenoxy) is 1. The number of nitrogens with one attached hydrogen (secondary N) is 1. The third-order valence-electron chi connectivity index (χ3n) is 2.82. The van der Waals surface area contributed by atoms with Crippen molar-refractivity contribution >= 4 is 11.9 Å². The van der Waals surface area contributed by atoms with E-state index in [0.717, 1.165) is 6.42 Å². The standard InChI is InChI=1S/C14H18FNO4/c1-3-5-9(8-12(17)18)16-14(19)10-6-4-7-11(20-2)13(10)15/h4,6-7,9H,3,5,8H2,1-2H3,(H,16,19)(H,17,18)/t9-/m1/s1. The molecule has 0 heterocycles. The van der Waals surface area contributed by atoms with E-state index in [9.17, 15) is 14.0 Å². The Balaban J connectivity index is 2.86. The summed E-state index contributed by atoms with van der Waals surface area (Å²) in [4.78, 5) is 22.7. The third-order valence-corrected chi connectivity index (χ3v) is 2.82. The van der Waals surface area contributed by atoms with E-state index < -0.39 is 23.7 Å².